The molecule has 2 aliphatic rings. The van der Waals surface area contributed by atoms with E-state index in [1.165, 1.54) is 4.90 Å². The van der Waals surface area contributed by atoms with Crippen LogP contribution in [-0.4, -0.2) is 41.9 Å². The number of halogens is 1. The molecule has 5 rings (SSSR count). The van der Waals surface area contributed by atoms with Crippen molar-refractivity contribution >= 4 is 35.0 Å². The summed E-state index contributed by atoms with van der Waals surface area (Å²) in [5, 5.41) is 3.37. The molecule has 1 fully saturated rings. The maximum absolute atomic E-state index is 12.9. The van der Waals surface area contributed by atoms with Crippen LogP contribution in [0.3, 0.4) is 0 Å². The number of hydrogen-bond donors (Lipinski definition) is 1. The van der Waals surface area contributed by atoms with Crippen molar-refractivity contribution in [2.75, 3.05) is 18.5 Å². The summed E-state index contributed by atoms with van der Waals surface area (Å²) in [6, 6.07) is 18.3. The highest BCUT2D eigenvalue weighted by atomic mass is 35.5. The van der Waals surface area contributed by atoms with Gasteiger partial charge in [-0.15, -0.1) is 0 Å². The zero-order valence-electron chi connectivity index (χ0n) is 18.1. The quantitative estimate of drug-likeness (QED) is 0.497. The Balaban J connectivity index is 1.29. The smallest absolute Gasteiger partial charge is 0.261 e. The molecular formula is C26H21ClN2O5. The normalized spacial score (nSPS) is 17.1. The highest BCUT2D eigenvalue weighted by Crippen LogP contribution is 2.31. The molecule has 0 saturated carbocycles. The van der Waals surface area contributed by atoms with E-state index in [1.54, 1.807) is 66.7 Å². The van der Waals surface area contributed by atoms with E-state index in [-0.39, 0.29) is 30.4 Å². The van der Waals surface area contributed by atoms with Gasteiger partial charge in [-0.3, -0.25) is 19.3 Å². The van der Waals surface area contributed by atoms with Crippen molar-refractivity contribution in [3.63, 3.8) is 0 Å². The minimum absolute atomic E-state index is 0.108. The molecule has 3 amide bonds. The third-order valence-corrected chi connectivity index (χ3v) is 6.04. The van der Waals surface area contributed by atoms with Crippen LogP contribution in [-0.2, 0) is 4.74 Å². The van der Waals surface area contributed by atoms with E-state index in [0.717, 1.165) is 12.8 Å². The van der Waals surface area contributed by atoms with Gasteiger partial charge in [0.15, 0.2) is 0 Å². The van der Waals surface area contributed by atoms with Crippen LogP contribution in [0.4, 0.5) is 5.69 Å². The van der Waals surface area contributed by atoms with Crippen molar-refractivity contribution in [3.8, 4) is 11.5 Å². The van der Waals surface area contributed by atoms with Gasteiger partial charge in [-0.1, -0.05) is 17.7 Å². The first-order chi connectivity index (χ1) is 16.5. The second kappa shape index (κ2) is 9.29. The Bertz CT molecular complexity index is 1270. The highest BCUT2D eigenvalue weighted by Gasteiger charge is 2.37. The molecule has 34 heavy (non-hydrogen) atoms. The third kappa shape index (κ3) is 4.53. The van der Waals surface area contributed by atoms with E-state index in [0.29, 0.717) is 45.5 Å². The van der Waals surface area contributed by atoms with Crippen molar-refractivity contribution in [2.24, 2.45) is 0 Å². The van der Waals surface area contributed by atoms with E-state index in [9.17, 15) is 14.4 Å². The molecule has 8 heteroatoms. The number of carbonyl (C=O) groups excluding carboxylic acids is 3. The number of ether oxygens (including phenoxy) is 2. The Morgan fingerprint density at radius 1 is 1.00 bits per heavy atom. The lowest BCUT2D eigenvalue weighted by molar-refractivity contribution is 0.0475. The molecule has 1 unspecified atom stereocenters. The number of imide groups is 1. The SMILES string of the molecule is O=C(Nc1cccc(Oc2ccc3c(c2)C(=O)N(CC2CCCO2)C3=O)c1)c1ccc(Cl)cc1. The highest BCUT2D eigenvalue weighted by molar-refractivity contribution is 6.30. The van der Waals surface area contributed by atoms with Crippen LogP contribution in [0.15, 0.2) is 66.7 Å². The number of amides is 3. The second-order valence-electron chi connectivity index (χ2n) is 8.15. The van der Waals surface area contributed by atoms with Gasteiger partial charge in [-0.2, -0.15) is 0 Å². The van der Waals surface area contributed by atoms with Gasteiger partial charge < -0.3 is 14.8 Å². The summed E-state index contributed by atoms with van der Waals surface area (Å²) in [5.41, 5.74) is 1.70. The first-order valence-corrected chi connectivity index (χ1v) is 11.3. The Labute approximate surface area is 201 Å². The van der Waals surface area contributed by atoms with Gasteiger partial charge in [-0.05, 0) is 67.4 Å². The predicted octanol–water partition coefficient (Wildman–Crippen LogP) is 5.16. The number of hydrogen-bond acceptors (Lipinski definition) is 5. The summed E-state index contributed by atoms with van der Waals surface area (Å²) < 4.78 is 11.5. The molecule has 2 aliphatic heterocycles. The minimum atomic E-state index is -0.343. The van der Waals surface area contributed by atoms with E-state index in [2.05, 4.69) is 5.32 Å². The molecule has 172 valence electrons. The predicted molar refractivity (Wildman–Crippen MR) is 127 cm³/mol. The van der Waals surface area contributed by atoms with Crippen LogP contribution in [0.5, 0.6) is 11.5 Å². The Kier molecular flexibility index (Phi) is 6.04. The topological polar surface area (TPSA) is 84.9 Å². The molecule has 3 aromatic carbocycles. The van der Waals surface area contributed by atoms with Gasteiger partial charge in [0.25, 0.3) is 17.7 Å². The van der Waals surface area contributed by atoms with E-state index >= 15 is 0 Å². The van der Waals surface area contributed by atoms with E-state index in [1.807, 2.05) is 0 Å². The monoisotopic (exact) mass is 476 g/mol. The molecule has 1 atom stereocenters. The molecule has 7 nitrogen and oxygen atoms in total. The number of nitrogens with one attached hydrogen (secondary N) is 1. The number of rotatable bonds is 6. The maximum Gasteiger partial charge on any atom is 0.261 e. The lowest BCUT2D eigenvalue weighted by atomic mass is 10.1. The standard InChI is InChI=1S/C26H21ClN2O5/c27-17-8-6-16(7-9-17)24(30)28-18-3-1-4-19(13-18)34-20-10-11-22-23(14-20)26(32)29(25(22)31)15-21-5-2-12-33-21/h1,3-4,6-11,13-14,21H,2,5,12,15H2,(H,28,30). The molecule has 1 N–H and O–H groups in total. The fourth-order valence-electron chi connectivity index (χ4n) is 4.07. The molecule has 3 aromatic rings. The zero-order valence-corrected chi connectivity index (χ0v) is 18.9. The first-order valence-electron chi connectivity index (χ1n) is 10.9. The molecular weight excluding hydrogens is 456 g/mol. The Hall–Kier alpha value is -3.68. The van der Waals surface area contributed by atoms with Gasteiger partial charge in [0.1, 0.15) is 11.5 Å². The summed E-state index contributed by atoms with van der Waals surface area (Å²) in [4.78, 5) is 39.3. The lowest BCUT2D eigenvalue weighted by Gasteiger charge is -2.17. The van der Waals surface area contributed by atoms with Gasteiger partial charge in [0.2, 0.25) is 0 Å². The summed E-state index contributed by atoms with van der Waals surface area (Å²) in [7, 11) is 0. The number of benzene rings is 3. The molecule has 0 aliphatic carbocycles. The molecule has 0 radical (unpaired) electrons. The van der Waals surface area contributed by atoms with Gasteiger partial charge in [-0.25, -0.2) is 0 Å². The van der Waals surface area contributed by atoms with E-state index < -0.39 is 0 Å². The average Bonchev–Trinajstić information content (AvgIpc) is 3.43. The second-order valence-corrected chi connectivity index (χ2v) is 8.59. The van der Waals surface area contributed by atoms with Crippen molar-refractivity contribution in [3.05, 3.63) is 88.4 Å². The van der Waals surface area contributed by atoms with E-state index in [4.69, 9.17) is 21.1 Å². The Morgan fingerprint density at radius 2 is 1.76 bits per heavy atom. The number of carbonyl (C=O) groups is 3. The van der Waals surface area contributed by atoms with Crippen LogP contribution in [0.1, 0.15) is 43.9 Å². The summed E-state index contributed by atoms with van der Waals surface area (Å²) in [5.74, 6) is -0.0393. The van der Waals surface area contributed by atoms with Crippen LogP contribution < -0.4 is 10.1 Å². The summed E-state index contributed by atoms with van der Waals surface area (Å²) >= 11 is 5.88. The molecule has 0 bridgehead atoms. The lowest BCUT2D eigenvalue weighted by Crippen LogP contribution is -2.36. The maximum atomic E-state index is 12.9. The van der Waals surface area contributed by atoms with Crippen LogP contribution in [0, 0.1) is 0 Å². The summed E-state index contributed by atoms with van der Waals surface area (Å²) in [6.07, 6.45) is 1.67. The van der Waals surface area contributed by atoms with Gasteiger partial charge >= 0.3 is 0 Å². The van der Waals surface area contributed by atoms with Gasteiger partial charge in [0.05, 0.1) is 23.8 Å². The number of fused-ring (bicyclic) bond motifs is 1. The van der Waals surface area contributed by atoms with Crippen LogP contribution in [0.2, 0.25) is 5.02 Å². The van der Waals surface area contributed by atoms with Gasteiger partial charge in [0, 0.05) is 28.9 Å². The van der Waals surface area contributed by atoms with Crippen molar-refractivity contribution in [1.82, 2.24) is 4.90 Å². The molecule has 0 aromatic heterocycles. The number of nitrogens with zero attached hydrogens (tertiary/aromatic N) is 1. The molecule has 1 saturated heterocycles. The summed E-state index contributed by atoms with van der Waals surface area (Å²) in [6.45, 7) is 0.920. The van der Waals surface area contributed by atoms with Crippen LogP contribution in [0.25, 0.3) is 0 Å². The van der Waals surface area contributed by atoms with Crippen molar-refractivity contribution in [1.29, 1.82) is 0 Å². The first kappa shape index (κ1) is 22.1. The molecule has 2 heterocycles. The minimum Gasteiger partial charge on any atom is -0.457 e. The Morgan fingerprint density at radius 3 is 2.53 bits per heavy atom. The fourth-order valence-corrected chi connectivity index (χ4v) is 4.20. The van der Waals surface area contributed by atoms with Crippen LogP contribution >= 0.6 is 11.6 Å². The van der Waals surface area contributed by atoms with Crippen molar-refractivity contribution < 1.29 is 23.9 Å². The molecule has 0 spiro atoms. The zero-order chi connectivity index (χ0) is 23.7. The fraction of sp³-hybridized carbons (Fsp3) is 0.192. The average molecular weight is 477 g/mol. The number of anilines is 1. The van der Waals surface area contributed by atoms with Crippen molar-refractivity contribution in [2.45, 2.75) is 18.9 Å². The third-order valence-electron chi connectivity index (χ3n) is 5.79. The largest absolute Gasteiger partial charge is 0.457 e.